The molecular formula is C12H18N2O7. The second kappa shape index (κ2) is 7.46. The van der Waals surface area contributed by atoms with Crippen molar-refractivity contribution in [2.45, 2.75) is 38.3 Å². The number of amides is 2. The summed E-state index contributed by atoms with van der Waals surface area (Å²) in [7, 11) is 0. The van der Waals surface area contributed by atoms with Crippen molar-refractivity contribution in [1.29, 1.82) is 0 Å². The van der Waals surface area contributed by atoms with Crippen molar-refractivity contribution < 1.29 is 34.1 Å². The van der Waals surface area contributed by atoms with Crippen LogP contribution in [0.4, 0.5) is 4.79 Å². The van der Waals surface area contributed by atoms with Gasteiger partial charge in [-0.05, 0) is 19.8 Å². The molecule has 1 saturated carbocycles. The number of carboxylic acid groups (broad SMARTS) is 2. The Labute approximate surface area is 120 Å². The van der Waals surface area contributed by atoms with Crippen molar-refractivity contribution >= 4 is 23.9 Å². The van der Waals surface area contributed by atoms with E-state index in [4.69, 9.17) is 14.9 Å². The molecule has 1 unspecified atom stereocenters. The number of carboxylic acids is 2. The van der Waals surface area contributed by atoms with E-state index in [0.29, 0.717) is 12.8 Å². The molecule has 2 amide bonds. The van der Waals surface area contributed by atoms with E-state index < -0.39 is 36.4 Å². The summed E-state index contributed by atoms with van der Waals surface area (Å²) in [6, 6.07) is -2.47. The maximum atomic E-state index is 12.0. The lowest BCUT2D eigenvalue weighted by Crippen LogP contribution is -2.51. The standard InChI is InChI=1S/C12H18N2O7/c1-2-21-10(17)6-14(7-3-4-7)12(20)13-8(11(18)19)5-9(15)16/h7-8H,2-6H2,1H3,(H,13,20)(H,15,16)(H,18,19). The molecule has 0 heterocycles. The predicted octanol–water partition coefficient (Wildman–Crippen LogP) is -0.349. The Bertz CT molecular complexity index is 433. The van der Waals surface area contributed by atoms with Crippen molar-refractivity contribution in [3.8, 4) is 0 Å². The highest BCUT2D eigenvalue weighted by Gasteiger charge is 2.36. The molecule has 0 bridgehead atoms. The number of carbonyl (C=O) groups excluding carboxylic acids is 2. The Morgan fingerprint density at radius 2 is 1.90 bits per heavy atom. The summed E-state index contributed by atoms with van der Waals surface area (Å²) in [5, 5.41) is 19.6. The van der Waals surface area contributed by atoms with Crippen LogP contribution in [0.2, 0.25) is 0 Å². The molecule has 0 aromatic carbocycles. The third-order valence-electron chi connectivity index (χ3n) is 2.83. The zero-order valence-corrected chi connectivity index (χ0v) is 11.6. The summed E-state index contributed by atoms with van der Waals surface area (Å²) in [5.41, 5.74) is 0. The van der Waals surface area contributed by atoms with Crippen LogP contribution in [0.5, 0.6) is 0 Å². The van der Waals surface area contributed by atoms with Crippen LogP contribution in [-0.4, -0.2) is 64.3 Å². The average molecular weight is 302 g/mol. The van der Waals surface area contributed by atoms with E-state index in [-0.39, 0.29) is 19.2 Å². The van der Waals surface area contributed by atoms with Crippen LogP contribution in [-0.2, 0) is 19.1 Å². The van der Waals surface area contributed by atoms with Gasteiger partial charge in [0.1, 0.15) is 12.6 Å². The highest BCUT2D eigenvalue weighted by Crippen LogP contribution is 2.26. The number of nitrogens with one attached hydrogen (secondary N) is 1. The van der Waals surface area contributed by atoms with Gasteiger partial charge in [-0.25, -0.2) is 9.59 Å². The van der Waals surface area contributed by atoms with Crippen LogP contribution < -0.4 is 5.32 Å². The molecule has 9 heteroatoms. The maximum Gasteiger partial charge on any atom is 0.326 e. The van der Waals surface area contributed by atoms with Gasteiger partial charge in [0, 0.05) is 6.04 Å². The number of hydrogen-bond donors (Lipinski definition) is 3. The maximum absolute atomic E-state index is 12.0. The summed E-state index contributed by atoms with van der Waals surface area (Å²) in [5.74, 6) is -3.38. The van der Waals surface area contributed by atoms with Crippen molar-refractivity contribution in [2.24, 2.45) is 0 Å². The summed E-state index contributed by atoms with van der Waals surface area (Å²) >= 11 is 0. The normalized spacial score (nSPS) is 14.9. The number of aliphatic carboxylic acids is 2. The molecule has 1 rings (SSSR count). The lowest BCUT2D eigenvalue weighted by atomic mass is 10.2. The number of carbonyl (C=O) groups is 4. The van der Waals surface area contributed by atoms with Crippen LogP contribution in [0.1, 0.15) is 26.2 Å². The minimum Gasteiger partial charge on any atom is -0.481 e. The van der Waals surface area contributed by atoms with Gasteiger partial charge in [0.2, 0.25) is 0 Å². The molecule has 9 nitrogen and oxygen atoms in total. The van der Waals surface area contributed by atoms with Gasteiger partial charge in [-0.15, -0.1) is 0 Å². The van der Waals surface area contributed by atoms with E-state index in [0.717, 1.165) is 0 Å². The molecule has 1 aliphatic rings. The second-order valence-corrected chi connectivity index (χ2v) is 4.60. The van der Waals surface area contributed by atoms with Gasteiger partial charge in [-0.3, -0.25) is 9.59 Å². The van der Waals surface area contributed by atoms with E-state index in [1.54, 1.807) is 6.92 Å². The van der Waals surface area contributed by atoms with Gasteiger partial charge >= 0.3 is 23.9 Å². The highest BCUT2D eigenvalue weighted by atomic mass is 16.5. The quantitative estimate of drug-likeness (QED) is 0.522. The zero-order valence-electron chi connectivity index (χ0n) is 11.6. The van der Waals surface area contributed by atoms with Crippen molar-refractivity contribution in [3.63, 3.8) is 0 Å². The fraction of sp³-hybridized carbons (Fsp3) is 0.667. The van der Waals surface area contributed by atoms with Crippen LogP contribution in [0, 0.1) is 0 Å². The van der Waals surface area contributed by atoms with E-state index >= 15 is 0 Å². The van der Waals surface area contributed by atoms with Gasteiger partial charge in [-0.1, -0.05) is 0 Å². The van der Waals surface area contributed by atoms with Crippen LogP contribution in [0.15, 0.2) is 0 Å². The van der Waals surface area contributed by atoms with Gasteiger partial charge in [0.25, 0.3) is 0 Å². The van der Waals surface area contributed by atoms with E-state index in [1.165, 1.54) is 4.90 Å². The summed E-state index contributed by atoms with van der Waals surface area (Å²) < 4.78 is 4.75. The van der Waals surface area contributed by atoms with Gasteiger partial charge < -0.3 is 25.2 Å². The lowest BCUT2D eigenvalue weighted by Gasteiger charge is -2.23. The smallest absolute Gasteiger partial charge is 0.326 e. The van der Waals surface area contributed by atoms with E-state index in [9.17, 15) is 19.2 Å². The molecule has 0 saturated heterocycles. The van der Waals surface area contributed by atoms with Crippen molar-refractivity contribution in [1.82, 2.24) is 10.2 Å². The lowest BCUT2D eigenvalue weighted by molar-refractivity contribution is -0.145. The molecule has 1 atom stereocenters. The molecule has 0 radical (unpaired) electrons. The average Bonchev–Trinajstić information content (AvgIpc) is 3.18. The summed E-state index contributed by atoms with van der Waals surface area (Å²) in [6.07, 6.45) is 0.686. The van der Waals surface area contributed by atoms with E-state index in [1.807, 2.05) is 0 Å². The molecule has 1 aliphatic carbocycles. The fourth-order valence-corrected chi connectivity index (χ4v) is 1.71. The fourth-order valence-electron chi connectivity index (χ4n) is 1.71. The molecule has 0 aromatic rings. The molecule has 118 valence electrons. The monoisotopic (exact) mass is 302 g/mol. The number of nitrogens with zero attached hydrogens (tertiary/aromatic N) is 1. The zero-order chi connectivity index (χ0) is 16.0. The first-order valence-electron chi connectivity index (χ1n) is 6.52. The molecular weight excluding hydrogens is 284 g/mol. The van der Waals surface area contributed by atoms with Crippen molar-refractivity contribution in [2.75, 3.05) is 13.2 Å². The Balaban J connectivity index is 2.65. The topological polar surface area (TPSA) is 133 Å². The predicted molar refractivity (Wildman–Crippen MR) is 68.6 cm³/mol. The first kappa shape index (κ1) is 16.7. The number of rotatable bonds is 8. The van der Waals surface area contributed by atoms with Crippen LogP contribution in [0.3, 0.4) is 0 Å². The van der Waals surface area contributed by atoms with Gasteiger partial charge in [0.15, 0.2) is 0 Å². The van der Waals surface area contributed by atoms with Crippen LogP contribution in [0.25, 0.3) is 0 Å². The van der Waals surface area contributed by atoms with Gasteiger partial charge in [-0.2, -0.15) is 0 Å². The Morgan fingerprint density at radius 3 is 2.33 bits per heavy atom. The van der Waals surface area contributed by atoms with Crippen molar-refractivity contribution in [3.05, 3.63) is 0 Å². The Kier molecular flexibility index (Phi) is 5.94. The third kappa shape index (κ3) is 5.67. The minimum atomic E-state index is -1.54. The summed E-state index contributed by atoms with van der Waals surface area (Å²) in [6.45, 7) is 1.52. The number of esters is 1. The number of ether oxygens (including phenoxy) is 1. The highest BCUT2D eigenvalue weighted by molar-refractivity contribution is 5.87. The molecule has 0 spiro atoms. The van der Waals surface area contributed by atoms with Crippen LogP contribution >= 0.6 is 0 Å². The third-order valence-corrected chi connectivity index (χ3v) is 2.83. The summed E-state index contributed by atoms with van der Waals surface area (Å²) in [4.78, 5) is 46.1. The molecule has 21 heavy (non-hydrogen) atoms. The first-order valence-corrected chi connectivity index (χ1v) is 6.52. The minimum absolute atomic E-state index is 0.145. The Hall–Kier alpha value is -2.32. The Morgan fingerprint density at radius 1 is 1.29 bits per heavy atom. The SMILES string of the molecule is CCOC(=O)CN(C(=O)NC(CC(=O)O)C(=O)O)C1CC1. The second-order valence-electron chi connectivity index (χ2n) is 4.60. The van der Waals surface area contributed by atoms with Gasteiger partial charge in [0.05, 0.1) is 13.0 Å². The molecule has 3 N–H and O–H groups in total. The number of urea groups is 1. The van der Waals surface area contributed by atoms with E-state index in [2.05, 4.69) is 5.32 Å². The molecule has 0 aromatic heterocycles. The first-order chi connectivity index (χ1) is 9.85. The molecule has 1 fully saturated rings. The molecule has 0 aliphatic heterocycles. The largest absolute Gasteiger partial charge is 0.481 e. The number of hydrogen-bond acceptors (Lipinski definition) is 5.